The van der Waals surface area contributed by atoms with Crippen molar-refractivity contribution in [1.82, 2.24) is 9.97 Å². The second-order valence-electron chi connectivity index (χ2n) is 3.43. The summed E-state index contributed by atoms with van der Waals surface area (Å²) in [4.78, 5) is 7.65. The van der Waals surface area contributed by atoms with Gasteiger partial charge in [0.1, 0.15) is 11.9 Å². The molecule has 0 aliphatic heterocycles. The second-order valence-corrected chi connectivity index (χ2v) is 4.27. The Morgan fingerprint density at radius 3 is 2.50 bits per heavy atom. The number of benzene rings is 1. The molecular formula is C11H7Cl2N5. The van der Waals surface area contributed by atoms with E-state index < -0.39 is 0 Å². The van der Waals surface area contributed by atoms with Crippen molar-refractivity contribution in [3.8, 4) is 17.2 Å². The molecule has 90 valence electrons. The van der Waals surface area contributed by atoms with Crippen LogP contribution in [0.1, 0.15) is 5.69 Å². The summed E-state index contributed by atoms with van der Waals surface area (Å²) in [5.74, 6) is 0.0427. The summed E-state index contributed by atoms with van der Waals surface area (Å²) in [6, 6.07) is 6.75. The molecule has 2 rings (SSSR count). The maximum atomic E-state index is 9.05. The van der Waals surface area contributed by atoms with E-state index in [0.29, 0.717) is 21.2 Å². The Hall–Kier alpha value is -2.03. The lowest BCUT2D eigenvalue weighted by Crippen LogP contribution is -2.05. The molecule has 0 fully saturated rings. The van der Waals surface area contributed by atoms with E-state index >= 15 is 0 Å². The van der Waals surface area contributed by atoms with Crippen LogP contribution in [0.3, 0.4) is 0 Å². The average molecular weight is 280 g/mol. The van der Waals surface area contributed by atoms with E-state index in [1.54, 1.807) is 18.2 Å². The third kappa shape index (κ3) is 2.16. The van der Waals surface area contributed by atoms with Gasteiger partial charge in [-0.1, -0.05) is 29.3 Å². The van der Waals surface area contributed by atoms with Crippen molar-refractivity contribution in [3.63, 3.8) is 0 Å². The molecular weight excluding hydrogens is 273 g/mol. The average Bonchev–Trinajstić information content (AvgIpc) is 2.29. The summed E-state index contributed by atoms with van der Waals surface area (Å²) in [6.45, 7) is 0. The van der Waals surface area contributed by atoms with Gasteiger partial charge < -0.3 is 11.5 Å². The van der Waals surface area contributed by atoms with Crippen LogP contribution in [-0.4, -0.2) is 9.97 Å². The Balaban J connectivity index is 2.75. The van der Waals surface area contributed by atoms with Crippen molar-refractivity contribution >= 4 is 35.0 Å². The Morgan fingerprint density at radius 1 is 1.17 bits per heavy atom. The van der Waals surface area contributed by atoms with Gasteiger partial charge in [0, 0.05) is 10.6 Å². The third-order valence-corrected chi connectivity index (χ3v) is 2.81. The molecule has 0 amide bonds. The first kappa shape index (κ1) is 12.4. The Labute approximate surface area is 113 Å². The van der Waals surface area contributed by atoms with Gasteiger partial charge in [-0.05, 0) is 12.1 Å². The standard InChI is InChI=1S/C11H7Cl2N5/c12-5-1-2-6(7(13)3-5)9-8(4-14)17-11(16)18-10(9)15/h1-3H,(H4,15,16,17,18). The van der Waals surface area contributed by atoms with Crippen LogP contribution in [0.15, 0.2) is 18.2 Å². The minimum Gasteiger partial charge on any atom is -0.383 e. The van der Waals surface area contributed by atoms with Crippen LogP contribution in [-0.2, 0) is 0 Å². The molecule has 0 aliphatic carbocycles. The van der Waals surface area contributed by atoms with E-state index in [9.17, 15) is 0 Å². The molecule has 5 nitrogen and oxygen atoms in total. The monoisotopic (exact) mass is 279 g/mol. The number of nitrogens with zero attached hydrogens (tertiary/aromatic N) is 3. The molecule has 1 aromatic heterocycles. The van der Waals surface area contributed by atoms with Crippen molar-refractivity contribution in [2.75, 3.05) is 11.5 Å². The molecule has 2 aromatic rings. The highest BCUT2D eigenvalue weighted by molar-refractivity contribution is 6.36. The van der Waals surface area contributed by atoms with Crippen LogP contribution < -0.4 is 11.5 Å². The molecule has 0 aliphatic rings. The van der Waals surface area contributed by atoms with Crippen LogP contribution >= 0.6 is 23.2 Å². The van der Waals surface area contributed by atoms with Gasteiger partial charge in [0.15, 0.2) is 5.69 Å². The molecule has 1 aromatic carbocycles. The minimum atomic E-state index is -0.0575. The predicted molar refractivity (Wildman–Crippen MR) is 71.0 cm³/mol. The molecule has 0 saturated carbocycles. The number of nitrogen functional groups attached to an aromatic ring is 2. The quantitative estimate of drug-likeness (QED) is 0.835. The third-order valence-electron chi connectivity index (χ3n) is 2.26. The van der Waals surface area contributed by atoms with Gasteiger partial charge in [0.05, 0.1) is 10.6 Å². The van der Waals surface area contributed by atoms with Crippen molar-refractivity contribution in [2.45, 2.75) is 0 Å². The number of nitrogens with two attached hydrogens (primary N) is 2. The zero-order valence-corrected chi connectivity index (χ0v) is 10.5. The van der Waals surface area contributed by atoms with Gasteiger partial charge in [-0.3, -0.25) is 0 Å². The molecule has 0 saturated heterocycles. The smallest absolute Gasteiger partial charge is 0.223 e. The van der Waals surface area contributed by atoms with Gasteiger partial charge >= 0.3 is 0 Å². The van der Waals surface area contributed by atoms with Gasteiger partial charge in [-0.15, -0.1) is 0 Å². The number of anilines is 2. The van der Waals surface area contributed by atoms with Crippen molar-refractivity contribution < 1.29 is 0 Å². The zero-order valence-electron chi connectivity index (χ0n) is 8.98. The maximum absolute atomic E-state index is 9.05. The highest BCUT2D eigenvalue weighted by Gasteiger charge is 2.16. The summed E-state index contributed by atoms with van der Waals surface area (Å²) in [5, 5.41) is 9.90. The lowest BCUT2D eigenvalue weighted by atomic mass is 10.0. The number of aromatic nitrogens is 2. The molecule has 7 heteroatoms. The minimum absolute atomic E-state index is 0.0575. The number of hydrogen-bond acceptors (Lipinski definition) is 5. The number of halogens is 2. The highest BCUT2D eigenvalue weighted by atomic mass is 35.5. The summed E-state index contributed by atoms with van der Waals surface area (Å²) < 4.78 is 0. The summed E-state index contributed by atoms with van der Waals surface area (Å²) in [6.07, 6.45) is 0. The lowest BCUT2D eigenvalue weighted by Gasteiger charge is -2.09. The SMILES string of the molecule is N#Cc1nc(N)nc(N)c1-c1ccc(Cl)cc1Cl. The van der Waals surface area contributed by atoms with E-state index in [1.165, 1.54) is 0 Å². The van der Waals surface area contributed by atoms with E-state index in [-0.39, 0.29) is 17.5 Å². The lowest BCUT2D eigenvalue weighted by molar-refractivity contribution is 1.17. The first-order valence-corrected chi connectivity index (χ1v) is 5.57. The Bertz CT molecular complexity index is 663. The topological polar surface area (TPSA) is 102 Å². The molecule has 0 unspecified atom stereocenters. The van der Waals surface area contributed by atoms with Gasteiger partial charge in [-0.2, -0.15) is 10.2 Å². The van der Waals surface area contributed by atoms with E-state index in [4.69, 9.17) is 39.9 Å². The van der Waals surface area contributed by atoms with Crippen molar-refractivity contribution in [3.05, 3.63) is 33.9 Å². The second kappa shape index (κ2) is 4.69. The van der Waals surface area contributed by atoms with Crippen molar-refractivity contribution in [2.24, 2.45) is 0 Å². The first-order valence-electron chi connectivity index (χ1n) is 4.81. The maximum Gasteiger partial charge on any atom is 0.223 e. The highest BCUT2D eigenvalue weighted by Crippen LogP contribution is 2.34. The van der Waals surface area contributed by atoms with E-state index in [1.807, 2.05) is 6.07 Å². The fraction of sp³-hybridized carbons (Fsp3) is 0. The van der Waals surface area contributed by atoms with Crippen molar-refractivity contribution in [1.29, 1.82) is 5.26 Å². The Kier molecular flexibility index (Phi) is 3.24. The fourth-order valence-corrected chi connectivity index (χ4v) is 2.04. The van der Waals surface area contributed by atoms with Gasteiger partial charge in [0.2, 0.25) is 5.95 Å². The van der Waals surface area contributed by atoms with Crippen LogP contribution in [0.4, 0.5) is 11.8 Å². The molecule has 0 atom stereocenters. The predicted octanol–water partition coefficient (Wildman–Crippen LogP) is 2.49. The van der Waals surface area contributed by atoms with Crippen LogP contribution in [0, 0.1) is 11.3 Å². The van der Waals surface area contributed by atoms with E-state index in [0.717, 1.165) is 0 Å². The van der Waals surface area contributed by atoms with Gasteiger partial charge in [-0.25, -0.2) is 4.98 Å². The summed E-state index contributed by atoms with van der Waals surface area (Å²) >= 11 is 11.9. The number of nitriles is 1. The van der Waals surface area contributed by atoms with Crippen LogP contribution in [0.5, 0.6) is 0 Å². The first-order chi connectivity index (χ1) is 8.52. The zero-order chi connectivity index (χ0) is 13.3. The van der Waals surface area contributed by atoms with Gasteiger partial charge in [0.25, 0.3) is 0 Å². The van der Waals surface area contributed by atoms with Crippen LogP contribution in [0.2, 0.25) is 10.0 Å². The largest absolute Gasteiger partial charge is 0.383 e. The molecule has 0 radical (unpaired) electrons. The fourth-order valence-electron chi connectivity index (χ4n) is 1.53. The Morgan fingerprint density at radius 2 is 1.89 bits per heavy atom. The number of hydrogen-bond donors (Lipinski definition) is 2. The van der Waals surface area contributed by atoms with E-state index in [2.05, 4.69) is 9.97 Å². The normalized spacial score (nSPS) is 10.1. The number of rotatable bonds is 1. The molecule has 0 spiro atoms. The molecule has 1 heterocycles. The summed E-state index contributed by atoms with van der Waals surface area (Å²) in [7, 11) is 0. The molecule has 18 heavy (non-hydrogen) atoms. The summed E-state index contributed by atoms with van der Waals surface area (Å²) in [5.41, 5.74) is 12.2. The molecule has 4 N–H and O–H groups in total. The molecule has 0 bridgehead atoms. The van der Waals surface area contributed by atoms with Crippen LogP contribution in [0.25, 0.3) is 11.1 Å².